The van der Waals surface area contributed by atoms with Crippen LogP contribution in [0.2, 0.25) is 0 Å². The van der Waals surface area contributed by atoms with Crippen LogP contribution in [0.25, 0.3) is 0 Å². The number of benzene rings is 1. The molecule has 7 heteroatoms. The number of aliphatic hydroxyl groups excluding tert-OH is 1. The van der Waals surface area contributed by atoms with E-state index in [0.717, 1.165) is 12.1 Å². The van der Waals surface area contributed by atoms with Gasteiger partial charge in [0.1, 0.15) is 6.10 Å². The van der Waals surface area contributed by atoms with E-state index in [1.807, 2.05) is 13.8 Å². The third kappa shape index (κ3) is 4.39. The second-order valence-corrected chi connectivity index (χ2v) is 6.01. The van der Waals surface area contributed by atoms with E-state index in [1.165, 1.54) is 6.07 Å². The lowest BCUT2D eigenvalue weighted by molar-refractivity contribution is 0.0991. The second kappa shape index (κ2) is 7.70. The Kier molecular flexibility index (Phi) is 5.90. The molecule has 3 N–H and O–H groups in total. The number of hydrogen-bond acceptors (Lipinski definition) is 3. The first kappa shape index (κ1) is 17.6. The summed E-state index contributed by atoms with van der Waals surface area (Å²) in [5.41, 5.74) is 0.481. The van der Waals surface area contributed by atoms with Gasteiger partial charge in [-0.3, -0.25) is 0 Å². The molecule has 0 radical (unpaired) electrons. The average molecular weight is 328 g/mol. The highest BCUT2D eigenvalue weighted by Gasteiger charge is 2.32. The van der Waals surface area contributed by atoms with Crippen molar-refractivity contribution in [2.75, 3.05) is 13.2 Å². The second-order valence-electron chi connectivity index (χ2n) is 6.01. The molecule has 1 saturated heterocycles. The summed E-state index contributed by atoms with van der Waals surface area (Å²) in [7, 11) is 0. The Morgan fingerprint density at radius 2 is 2.13 bits per heavy atom. The van der Waals surface area contributed by atoms with E-state index in [2.05, 4.69) is 10.6 Å². The summed E-state index contributed by atoms with van der Waals surface area (Å²) in [6.07, 6.45) is 0.0465. The molecule has 0 aromatic heterocycles. The number of halogens is 2. The van der Waals surface area contributed by atoms with Crippen LogP contribution in [0.4, 0.5) is 13.6 Å². The van der Waals surface area contributed by atoms with Crippen molar-refractivity contribution >= 4 is 6.03 Å². The van der Waals surface area contributed by atoms with Crippen LogP contribution in [0.1, 0.15) is 31.9 Å². The van der Waals surface area contributed by atoms with E-state index >= 15 is 0 Å². The molecule has 0 unspecified atom stereocenters. The van der Waals surface area contributed by atoms with E-state index in [9.17, 15) is 18.7 Å². The Balaban J connectivity index is 2.01. The maximum atomic E-state index is 13.4. The van der Waals surface area contributed by atoms with Crippen LogP contribution in [-0.2, 0) is 4.74 Å². The number of urea groups is 1. The van der Waals surface area contributed by atoms with Gasteiger partial charge in [0.25, 0.3) is 0 Å². The zero-order valence-corrected chi connectivity index (χ0v) is 13.2. The van der Waals surface area contributed by atoms with Crippen LogP contribution < -0.4 is 10.6 Å². The normalized spacial score (nSPS) is 22.2. The minimum atomic E-state index is -0.943. The van der Waals surface area contributed by atoms with E-state index in [-0.39, 0.29) is 24.6 Å². The van der Waals surface area contributed by atoms with E-state index in [1.54, 1.807) is 0 Å². The molecule has 0 aliphatic carbocycles. The van der Waals surface area contributed by atoms with Gasteiger partial charge >= 0.3 is 6.03 Å². The minimum absolute atomic E-state index is 0.0903. The van der Waals surface area contributed by atoms with Gasteiger partial charge in [-0.2, -0.15) is 0 Å². The molecular formula is C16H22F2N2O3. The van der Waals surface area contributed by atoms with Crippen molar-refractivity contribution in [1.82, 2.24) is 10.6 Å². The van der Waals surface area contributed by atoms with Gasteiger partial charge in [-0.1, -0.05) is 19.9 Å². The van der Waals surface area contributed by atoms with Crippen molar-refractivity contribution < 1.29 is 23.4 Å². The van der Waals surface area contributed by atoms with Gasteiger partial charge in [0.15, 0.2) is 11.6 Å². The molecular weight excluding hydrogens is 306 g/mol. The van der Waals surface area contributed by atoms with Crippen LogP contribution >= 0.6 is 0 Å². The van der Waals surface area contributed by atoms with E-state index < -0.39 is 23.8 Å². The summed E-state index contributed by atoms with van der Waals surface area (Å²) in [6, 6.07) is 2.48. The summed E-state index contributed by atoms with van der Waals surface area (Å²) in [6.45, 7) is 4.05. The maximum absolute atomic E-state index is 13.4. The number of aliphatic hydroxyl groups is 1. The van der Waals surface area contributed by atoms with Gasteiger partial charge in [0.2, 0.25) is 0 Å². The van der Waals surface area contributed by atoms with Gasteiger partial charge in [-0.05, 0) is 30.0 Å². The topological polar surface area (TPSA) is 70.6 Å². The molecule has 2 amide bonds. The van der Waals surface area contributed by atoms with Crippen molar-refractivity contribution in [2.24, 2.45) is 5.92 Å². The molecule has 23 heavy (non-hydrogen) atoms. The Bertz CT molecular complexity index is 554. The standard InChI is InChI=1S/C16H22F2N2O3/c1-9(2)14(8-21)20-16(22)19-13-5-6-23-15(13)10-3-4-11(17)12(18)7-10/h3-4,7,9,13-15,21H,5-6,8H2,1-2H3,(H2,19,20,22)/t13-,14+,15-/m0/s1. The number of nitrogens with one attached hydrogen (secondary N) is 2. The van der Waals surface area contributed by atoms with Gasteiger partial charge in [-0.25, -0.2) is 13.6 Å². The highest BCUT2D eigenvalue weighted by molar-refractivity contribution is 5.74. The first-order valence-corrected chi connectivity index (χ1v) is 7.66. The molecule has 1 aliphatic rings. The van der Waals surface area contributed by atoms with Gasteiger partial charge < -0.3 is 20.5 Å². The Morgan fingerprint density at radius 1 is 1.39 bits per heavy atom. The summed E-state index contributed by atoms with van der Waals surface area (Å²) in [5.74, 6) is -1.77. The first-order chi connectivity index (χ1) is 10.9. The van der Waals surface area contributed by atoms with E-state index in [0.29, 0.717) is 18.6 Å². The Hall–Kier alpha value is -1.73. The molecule has 1 heterocycles. The third-order valence-corrected chi connectivity index (χ3v) is 4.00. The fourth-order valence-electron chi connectivity index (χ4n) is 2.56. The average Bonchev–Trinajstić information content (AvgIpc) is 2.95. The SMILES string of the molecule is CC(C)[C@@H](CO)NC(=O)N[C@H]1CCO[C@H]1c1ccc(F)c(F)c1. The molecule has 3 atom stereocenters. The van der Waals surface area contributed by atoms with E-state index in [4.69, 9.17) is 4.74 Å². The number of amides is 2. The highest BCUT2D eigenvalue weighted by atomic mass is 19.2. The van der Waals surface area contributed by atoms with Crippen LogP contribution in [-0.4, -0.2) is 36.4 Å². The molecule has 1 aromatic rings. The molecule has 1 aliphatic heterocycles. The zero-order valence-electron chi connectivity index (χ0n) is 13.2. The smallest absolute Gasteiger partial charge is 0.315 e. The summed E-state index contributed by atoms with van der Waals surface area (Å²) in [5, 5.41) is 14.7. The number of carbonyl (C=O) groups excluding carboxylic acids is 1. The largest absolute Gasteiger partial charge is 0.394 e. The molecule has 0 saturated carbocycles. The number of ether oxygens (including phenoxy) is 1. The lowest BCUT2D eigenvalue weighted by Gasteiger charge is -2.24. The fraction of sp³-hybridized carbons (Fsp3) is 0.562. The van der Waals surface area contributed by atoms with Crippen molar-refractivity contribution in [3.8, 4) is 0 Å². The van der Waals surface area contributed by atoms with Crippen molar-refractivity contribution in [1.29, 1.82) is 0 Å². The lowest BCUT2D eigenvalue weighted by Crippen LogP contribution is -2.49. The highest BCUT2D eigenvalue weighted by Crippen LogP contribution is 2.30. The molecule has 0 bridgehead atoms. The summed E-state index contributed by atoms with van der Waals surface area (Å²) >= 11 is 0. The van der Waals surface area contributed by atoms with Crippen molar-refractivity contribution in [3.05, 3.63) is 35.4 Å². The number of carbonyl (C=O) groups is 1. The fourth-order valence-corrected chi connectivity index (χ4v) is 2.56. The van der Waals surface area contributed by atoms with Gasteiger partial charge in [0, 0.05) is 6.61 Å². The van der Waals surface area contributed by atoms with Crippen LogP contribution in [0, 0.1) is 17.6 Å². The van der Waals surface area contributed by atoms with Crippen LogP contribution in [0.3, 0.4) is 0 Å². The van der Waals surface area contributed by atoms with Gasteiger partial charge in [0.05, 0.1) is 18.7 Å². The Morgan fingerprint density at radius 3 is 2.74 bits per heavy atom. The third-order valence-electron chi connectivity index (χ3n) is 4.00. The monoisotopic (exact) mass is 328 g/mol. The lowest BCUT2D eigenvalue weighted by atomic mass is 10.0. The molecule has 128 valence electrons. The summed E-state index contributed by atoms with van der Waals surface area (Å²) < 4.78 is 31.9. The van der Waals surface area contributed by atoms with Crippen LogP contribution in [0.5, 0.6) is 0 Å². The predicted octanol–water partition coefficient (Wildman–Crippen LogP) is 2.11. The van der Waals surface area contributed by atoms with Crippen molar-refractivity contribution in [3.63, 3.8) is 0 Å². The minimum Gasteiger partial charge on any atom is -0.394 e. The van der Waals surface area contributed by atoms with Crippen molar-refractivity contribution in [2.45, 2.75) is 38.5 Å². The number of hydrogen-bond donors (Lipinski definition) is 3. The number of rotatable bonds is 5. The predicted molar refractivity (Wildman–Crippen MR) is 80.8 cm³/mol. The quantitative estimate of drug-likeness (QED) is 0.775. The molecule has 1 aromatic carbocycles. The first-order valence-electron chi connectivity index (χ1n) is 7.66. The maximum Gasteiger partial charge on any atom is 0.315 e. The zero-order chi connectivity index (χ0) is 17.0. The molecule has 1 fully saturated rings. The Labute approximate surface area is 134 Å². The van der Waals surface area contributed by atoms with Gasteiger partial charge in [-0.15, -0.1) is 0 Å². The molecule has 5 nitrogen and oxygen atoms in total. The molecule has 0 spiro atoms. The van der Waals surface area contributed by atoms with Crippen LogP contribution in [0.15, 0.2) is 18.2 Å². The molecule has 2 rings (SSSR count). The summed E-state index contributed by atoms with van der Waals surface area (Å²) in [4.78, 5) is 12.0.